The number of ether oxygens (including phenoxy) is 2. The highest BCUT2D eigenvalue weighted by Gasteiger charge is 2.19. The average molecular weight is 417 g/mol. The van der Waals surface area contributed by atoms with Gasteiger partial charge in [-0.05, 0) is 51.1 Å². The summed E-state index contributed by atoms with van der Waals surface area (Å²) >= 11 is 6.00. The molecule has 1 saturated heterocycles. The summed E-state index contributed by atoms with van der Waals surface area (Å²) in [4.78, 5) is 8.63. The maximum absolute atomic E-state index is 14.6. The summed E-state index contributed by atoms with van der Waals surface area (Å²) in [5.41, 5.74) is 1.35. The van der Waals surface area contributed by atoms with Gasteiger partial charge >= 0.3 is 0 Å². The molecule has 2 heterocycles. The lowest BCUT2D eigenvalue weighted by molar-refractivity contribution is 0.157. The highest BCUT2D eigenvalue weighted by Crippen LogP contribution is 2.36. The van der Waals surface area contributed by atoms with Crippen LogP contribution < -0.4 is 20.1 Å². The van der Waals surface area contributed by atoms with E-state index in [1.165, 1.54) is 6.33 Å². The van der Waals surface area contributed by atoms with Gasteiger partial charge in [0.15, 0.2) is 17.3 Å². The summed E-state index contributed by atoms with van der Waals surface area (Å²) in [5.74, 6) is 1.30. The van der Waals surface area contributed by atoms with E-state index < -0.39 is 5.82 Å². The Morgan fingerprint density at radius 2 is 1.97 bits per heavy atom. The first-order chi connectivity index (χ1) is 14.1. The monoisotopic (exact) mass is 416 g/mol. The van der Waals surface area contributed by atoms with Gasteiger partial charge in [-0.3, -0.25) is 0 Å². The Hall–Kier alpha value is -2.64. The van der Waals surface area contributed by atoms with E-state index in [-0.39, 0.29) is 6.10 Å². The number of hydrogen-bond donors (Lipinski definition) is 2. The van der Waals surface area contributed by atoms with Crippen LogP contribution >= 0.6 is 11.6 Å². The number of anilines is 2. The largest absolute Gasteiger partial charge is 0.493 e. The molecule has 1 aliphatic rings. The zero-order chi connectivity index (χ0) is 20.4. The number of halogens is 2. The average Bonchev–Trinajstić information content (AvgIpc) is 2.74. The van der Waals surface area contributed by atoms with E-state index in [1.807, 2.05) is 12.1 Å². The smallest absolute Gasteiger partial charge is 0.162 e. The fourth-order valence-electron chi connectivity index (χ4n) is 3.39. The van der Waals surface area contributed by atoms with E-state index >= 15 is 0 Å². The van der Waals surface area contributed by atoms with Gasteiger partial charge in [0.25, 0.3) is 0 Å². The number of nitrogens with one attached hydrogen (secondary N) is 2. The number of fused-ring (bicyclic) bond motifs is 1. The Labute approximate surface area is 173 Å². The summed E-state index contributed by atoms with van der Waals surface area (Å²) in [6, 6.07) is 6.90. The molecule has 0 bridgehead atoms. The lowest BCUT2D eigenvalue weighted by Gasteiger charge is -2.25. The topological polar surface area (TPSA) is 68.3 Å². The van der Waals surface area contributed by atoms with Crippen LogP contribution in [0.2, 0.25) is 5.02 Å². The lowest BCUT2D eigenvalue weighted by Crippen LogP contribution is -2.34. The third-order valence-electron chi connectivity index (χ3n) is 5.07. The summed E-state index contributed by atoms with van der Waals surface area (Å²) in [7, 11) is 1.60. The third kappa shape index (κ3) is 4.06. The number of hydrogen-bond acceptors (Lipinski definition) is 6. The van der Waals surface area contributed by atoms with Crippen LogP contribution in [-0.2, 0) is 0 Å². The molecule has 1 fully saturated rings. The normalized spacial score (nSPS) is 14.8. The number of benzene rings is 2. The SMILES string of the molecule is COc1cc2ncnc(Nc3ccc(Cl)c(C)c3F)c2cc1OC1CCNCC1. The number of rotatable bonds is 5. The van der Waals surface area contributed by atoms with E-state index in [0.29, 0.717) is 44.5 Å². The minimum atomic E-state index is -0.413. The van der Waals surface area contributed by atoms with Crippen molar-refractivity contribution in [2.45, 2.75) is 25.9 Å². The first-order valence-electron chi connectivity index (χ1n) is 9.48. The van der Waals surface area contributed by atoms with Crippen molar-refractivity contribution < 1.29 is 13.9 Å². The lowest BCUT2D eigenvalue weighted by atomic mass is 10.1. The van der Waals surface area contributed by atoms with Gasteiger partial charge in [-0.1, -0.05) is 11.6 Å². The van der Waals surface area contributed by atoms with Crippen LogP contribution in [0.25, 0.3) is 10.9 Å². The molecule has 152 valence electrons. The van der Waals surface area contributed by atoms with E-state index in [9.17, 15) is 4.39 Å². The van der Waals surface area contributed by atoms with E-state index in [1.54, 1.807) is 26.2 Å². The van der Waals surface area contributed by atoms with Crippen molar-refractivity contribution in [1.29, 1.82) is 0 Å². The first-order valence-corrected chi connectivity index (χ1v) is 9.86. The van der Waals surface area contributed by atoms with Crippen molar-refractivity contribution in [3.63, 3.8) is 0 Å². The maximum atomic E-state index is 14.6. The summed E-state index contributed by atoms with van der Waals surface area (Å²) < 4.78 is 26.3. The molecule has 8 heteroatoms. The standard InChI is InChI=1S/C21H22ClFN4O2/c1-12-15(22)3-4-16(20(12)23)27-21-14-9-19(29-13-5-7-24-8-6-13)18(28-2)10-17(14)25-11-26-21/h3-4,9-11,13,24H,5-8H2,1-2H3,(H,25,26,27). The zero-order valence-electron chi connectivity index (χ0n) is 16.3. The number of piperidine rings is 1. The molecule has 0 amide bonds. The van der Waals surface area contributed by atoms with Crippen LogP contribution in [0.1, 0.15) is 18.4 Å². The maximum Gasteiger partial charge on any atom is 0.162 e. The van der Waals surface area contributed by atoms with Gasteiger partial charge in [0.1, 0.15) is 18.2 Å². The van der Waals surface area contributed by atoms with Gasteiger partial charge in [-0.25, -0.2) is 14.4 Å². The molecule has 2 aromatic carbocycles. The second-order valence-electron chi connectivity index (χ2n) is 6.97. The molecule has 0 atom stereocenters. The molecule has 0 aliphatic carbocycles. The fraction of sp³-hybridized carbons (Fsp3) is 0.333. The summed E-state index contributed by atoms with van der Waals surface area (Å²) in [6.45, 7) is 3.48. The highest BCUT2D eigenvalue weighted by molar-refractivity contribution is 6.31. The Kier molecular flexibility index (Phi) is 5.69. The molecule has 1 aromatic heterocycles. The van der Waals surface area contributed by atoms with Crippen molar-refractivity contribution in [3.05, 3.63) is 47.0 Å². The van der Waals surface area contributed by atoms with E-state index in [4.69, 9.17) is 21.1 Å². The van der Waals surface area contributed by atoms with Gasteiger partial charge in [-0.2, -0.15) is 0 Å². The molecule has 0 saturated carbocycles. The van der Waals surface area contributed by atoms with Crippen LogP contribution in [0.5, 0.6) is 11.5 Å². The minimum Gasteiger partial charge on any atom is -0.493 e. The number of aromatic nitrogens is 2. The predicted octanol–water partition coefficient (Wildman–Crippen LogP) is 4.61. The van der Waals surface area contributed by atoms with Crippen molar-refractivity contribution in [1.82, 2.24) is 15.3 Å². The zero-order valence-corrected chi connectivity index (χ0v) is 17.0. The third-order valence-corrected chi connectivity index (χ3v) is 5.48. The van der Waals surface area contributed by atoms with Crippen LogP contribution in [-0.4, -0.2) is 36.3 Å². The molecule has 29 heavy (non-hydrogen) atoms. The molecule has 1 aliphatic heterocycles. The van der Waals surface area contributed by atoms with Crippen molar-refractivity contribution in [2.24, 2.45) is 0 Å². The van der Waals surface area contributed by atoms with E-state index in [2.05, 4.69) is 20.6 Å². The molecule has 0 unspecified atom stereocenters. The van der Waals surface area contributed by atoms with Crippen LogP contribution in [0.15, 0.2) is 30.6 Å². The fourth-order valence-corrected chi connectivity index (χ4v) is 3.54. The quantitative estimate of drug-likeness (QED) is 0.632. The van der Waals surface area contributed by atoms with Crippen molar-refractivity contribution in [2.75, 3.05) is 25.5 Å². The second kappa shape index (κ2) is 8.39. The number of methoxy groups -OCH3 is 1. The molecule has 0 spiro atoms. The summed E-state index contributed by atoms with van der Waals surface area (Å²) in [5, 5.41) is 7.47. The molecule has 4 rings (SSSR count). The molecular weight excluding hydrogens is 395 g/mol. The predicted molar refractivity (Wildman–Crippen MR) is 112 cm³/mol. The van der Waals surface area contributed by atoms with Crippen molar-refractivity contribution >= 4 is 34.0 Å². The van der Waals surface area contributed by atoms with Crippen molar-refractivity contribution in [3.8, 4) is 11.5 Å². The molecule has 3 aromatic rings. The minimum absolute atomic E-state index is 0.111. The Balaban J connectivity index is 1.73. The van der Waals surface area contributed by atoms with Crippen LogP contribution in [0.4, 0.5) is 15.9 Å². The molecule has 2 N–H and O–H groups in total. The molecule has 0 radical (unpaired) electrons. The van der Waals surface area contributed by atoms with Crippen LogP contribution in [0, 0.1) is 12.7 Å². The van der Waals surface area contributed by atoms with Gasteiger partial charge in [0.05, 0.1) is 18.3 Å². The summed E-state index contributed by atoms with van der Waals surface area (Å²) in [6.07, 6.45) is 3.39. The molecule has 6 nitrogen and oxygen atoms in total. The Morgan fingerprint density at radius 1 is 1.17 bits per heavy atom. The first kappa shape index (κ1) is 19.7. The molecular formula is C21H22ClFN4O2. The highest BCUT2D eigenvalue weighted by atomic mass is 35.5. The second-order valence-corrected chi connectivity index (χ2v) is 7.38. The Bertz CT molecular complexity index is 1040. The van der Waals surface area contributed by atoms with Gasteiger partial charge in [0.2, 0.25) is 0 Å². The van der Waals surface area contributed by atoms with Crippen LogP contribution in [0.3, 0.4) is 0 Å². The van der Waals surface area contributed by atoms with Gasteiger partial charge in [0, 0.05) is 22.0 Å². The number of nitrogens with zero attached hydrogens (tertiary/aromatic N) is 2. The van der Waals surface area contributed by atoms with Gasteiger partial charge in [-0.15, -0.1) is 0 Å². The Morgan fingerprint density at radius 3 is 2.72 bits per heavy atom. The van der Waals surface area contributed by atoms with Gasteiger partial charge < -0.3 is 20.1 Å². The van der Waals surface area contributed by atoms with E-state index in [0.717, 1.165) is 25.9 Å².